The average molecular weight is 395 g/mol. The van der Waals surface area contributed by atoms with Crippen molar-refractivity contribution in [3.63, 3.8) is 0 Å². The van der Waals surface area contributed by atoms with Crippen LogP contribution < -0.4 is 0 Å². The molecule has 5 rings (SSSR count). The maximum absolute atomic E-state index is 13.4. The van der Waals surface area contributed by atoms with Gasteiger partial charge in [0.15, 0.2) is 16.5 Å². The molecule has 1 amide bonds. The number of aromatic amines is 1. The zero-order valence-corrected chi connectivity index (χ0v) is 16.8. The number of hydrogen-bond donors (Lipinski definition) is 1. The number of carbonyl (C=O) groups is 1. The summed E-state index contributed by atoms with van der Waals surface area (Å²) in [5.41, 5.74) is 4.13. The Kier molecular flexibility index (Phi) is 3.99. The topological polar surface area (TPSA) is 75.5 Å². The molecule has 0 bridgehead atoms. The standard InChI is InChI=1S/C20H21N5O2S/c1-11-4-5-14-15(8-11)22-18(21-14)17-16(23-20-25(17)6-7-28-20)19(26)24-9-12(2)27-13(3)10-24/h4-8,12-13H,9-10H2,1-3H3,(H,21,22)/t12-,13+. The van der Waals surface area contributed by atoms with Gasteiger partial charge >= 0.3 is 0 Å². The third-order valence-electron chi connectivity index (χ3n) is 5.03. The Morgan fingerprint density at radius 2 is 2.04 bits per heavy atom. The van der Waals surface area contributed by atoms with Gasteiger partial charge in [0, 0.05) is 24.7 Å². The van der Waals surface area contributed by atoms with Gasteiger partial charge in [-0.2, -0.15) is 0 Å². The summed E-state index contributed by atoms with van der Waals surface area (Å²) >= 11 is 1.51. The number of imidazole rings is 2. The summed E-state index contributed by atoms with van der Waals surface area (Å²) in [6.45, 7) is 7.15. The minimum atomic E-state index is -0.0791. The Balaban J connectivity index is 1.63. The van der Waals surface area contributed by atoms with E-state index in [1.807, 2.05) is 53.8 Å². The number of benzene rings is 1. The number of ether oxygens (including phenoxy) is 1. The summed E-state index contributed by atoms with van der Waals surface area (Å²) in [7, 11) is 0. The molecule has 28 heavy (non-hydrogen) atoms. The molecule has 0 unspecified atom stereocenters. The molecule has 1 aliphatic rings. The lowest BCUT2D eigenvalue weighted by atomic mass is 10.2. The van der Waals surface area contributed by atoms with Gasteiger partial charge in [-0.1, -0.05) is 6.07 Å². The highest BCUT2D eigenvalue weighted by Crippen LogP contribution is 2.29. The van der Waals surface area contributed by atoms with Crippen molar-refractivity contribution in [2.24, 2.45) is 0 Å². The Hall–Kier alpha value is -2.71. The lowest BCUT2D eigenvalue weighted by Crippen LogP contribution is -2.48. The van der Waals surface area contributed by atoms with Gasteiger partial charge in [-0.15, -0.1) is 11.3 Å². The molecule has 1 aliphatic heterocycles. The number of H-pyrrole nitrogens is 1. The van der Waals surface area contributed by atoms with Crippen LogP contribution in [0, 0.1) is 6.92 Å². The highest BCUT2D eigenvalue weighted by Gasteiger charge is 2.31. The van der Waals surface area contributed by atoms with Crippen LogP contribution in [0.3, 0.4) is 0 Å². The fourth-order valence-corrected chi connectivity index (χ4v) is 4.60. The summed E-state index contributed by atoms with van der Waals surface area (Å²) in [6, 6.07) is 6.08. The van der Waals surface area contributed by atoms with Gasteiger partial charge in [-0.3, -0.25) is 9.20 Å². The number of amides is 1. The fourth-order valence-electron chi connectivity index (χ4n) is 3.89. The fraction of sp³-hybridized carbons (Fsp3) is 0.350. The van der Waals surface area contributed by atoms with Crippen LogP contribution in [0.25, 0.3) is 27.5 Å². The normalized spacial score (nSPS) is 20.3. The van der Waals surface area contributed by atoms with E-state index in [1.54, 1.807) is 0 Å². The number of hydrogen-bond acceptors (Lipinski definition) is 5. The van der Waals surface area contributed by atoms with Crippen molar-refractivity contribution >= 4 is 33.2 Å². The van der Waals surface area contributed by atoms with Crippen molar-refractivity contribution in [1.82, 2.24) is 24.3 Å². The van der Waals surface area contributed by atoms with E-state index in [1.165, 1.54) is 11.3 Å². The summed E-state index contributed by atoms with van der Waals surface area (Å²) in [5.74, 6) is 0.578. The van der Waals surface area contributed by atoms with E-state index in [9.17, 15) is 4.79 Å². The minimum Gasteiger partial charge on any atom is -0.372 e. The molecule has 0 radical (unpaired) electrons. The Bertz CT molecular complexity index is 1180. The van der Waals surface area contributed by atoms with Crippen molar-refractivity contribution < 1.29 is 9.53 Å². The predicted octanol–water partition coefficient (Wildman–Crippen LogP) is 3.50. The van der Waals surface area contributed by atoms with E-state index < -0.39 is 0 Å². The summed E-state index contributed by atoms with van der Waals surface area (Å²) < 4.78 is 7.72. The average Bonchev–Trinajstić information content (AvgIpc) is 3.32. The summed E-state index contributed by atoms with van der Waals surface area (Å²) in [5, 5.41) is 1.96. The van der Waals surface area contributed by atoms with Crippen LogP contribution in [0.4, 0.5) is 0 Å². The van der Waals surface area contributed by atoms with E-state index in [4.69, 9.17) is 9.72 Å². The zero-order chi connectivity index (χ0) is 19.4. The quantitative estimate of drug-likeness (QED) is 0.564. The number of thiazole rings is 1. The van der Waals surface area contributed by atoms with Crippen molar-refractivity contribution in [3.05, 3.63) is 41.0 Å². The van der Waals surface area contributed by atoms with Gasteiger partial charge in [-0.05, 0) is 38.5 Å². The number of morpholine rings is 1. The molecule has 7 nitrogen and oxygen atoms in total. The number of nitrogens with zero attached hydrogens (tertiary/aromatic N) is 4. The number of rotatable bonds is 2. The number of aryl methyl sites for hydroxylation is 1. The van der Waals surface area contributed by atoms with E-state index in [0.29, 0.717) is 30.3 Å². The van der Waals surface area contributed by atoms with Crippen molar-refractivity contribution in [1.29, 1.82) is 0 Å². The molecule has 1 saturated heterocycles. The Morgan fingerprint density at radius 1 is 1.25 bits per heavy atom. The van der Waals surface area contributed by atoms with Crippen LogP contribution in [0.15, 0.2) is 29.8 Å². The molecule has 0 aliphatic carbocycles. The second kappa shape index (κ2) is 6.42. The first-order valence-electron chi connectivity index (χ1n) is 9.36. The minimum absolute atomic E-state index is 0.00839. The van der Waals surface area contributed by atoms with Crippen LogP contribution in [-0.2, 0) is 4.74 Å². The van der Waals surface area contributed by atoms with Crippen molar-refractivity contribution in [2.45, 2.75) is 33.0 Å². The van der Waals surface area contributed by atoms with Gasteiger partial charge in [0.05, 0.1) is 23.2 Å². The predicted molar refractivity (Wildman–Crippen MR) is 109 cm³/mol. The first-order valence-corrected chi connectivity index (χ1v) is 10.2. The van der Waals surface area contributed by atoms with Gasteiger partial charge in [0.1, 0.15) is 5.69 Å². The van der Waals surface area contributed by atoms with Gasteiger partial charge in [0.25, 0.3) is 5.91 Å². The van der Waals surface area contributed by atoms with E-state index >= 15 is 0 Å². The molecule has 1 N–H and O–H groups in total. The van der Waals surface area contributed by atoms with Crippen LogP contribution >= 0.6 is 11.3 Å². The molecule has 0 spiro atoms. The summed E-state index contributed by atoms with van der Waals surface area (Å²) in [6.07, 6.45) is 1.95. The number of aromatic nitrogens is 4. The third kappa shape index (κ3) is 2.80. The molecule has 0 saturated carbocycles. The van der Waals surface area contributed by atoms with Crippen LogP contribution in [0.1, 0.15) is 29.9 Å². The maximum Gasteiger partial charge on any atom is 0.275 e. The second-order valence-corrected chi connectivity index (χ2v) is 8.31. The molecule has 1 fully saturated rings. The van der Waals surface area contributed by atoms with Crippen LogP contribution in [0.5, 0.6) is 0 Å². The number of nitrogens with one attached hydrogen (secondary N) is 1. The molecule has 4 heterocycles. The molecule has 8 heteroatoms. The molecule has 3 aromatic heterocycles. The van der Waals surface area contributed by atoms with Gasteiger partial charge < -0.3 is 14.6 Å². The first kappa shape index (κ1) is 17.4. The van der Waals surface area contributed by atoms with Crippen molar-refractivity contribution in [3.8, 4) is 11.5 Å². The van der Waals surface area contributed by atoms with Crippen LogP contribution in [-0.4, -0.2) is 55.5 Å². The van der Waals surface area contributed by atoms with Crippen molar-refractivity contribution in [2.75, 3.05) is 13.1 Å². The molecule has 1 aromatic carbocycles. The van der Waals surface area contributed by atoms with E-state index in [2.05, 4.69) is 16.0 Å². The highest BCUT2D eigenvalue weighted by molar-refractivity contribution is 7.15. The Morgan fingerprint density at radius 3 is 2.82 bits per heavy atom. The van der Waals surface area contributed by atoms with E-state index in [0.717, 1.165) is 21.6 Å². The van der Waals surface area contributed by atoms with Gasteiger partial charge in [-0.25, -0.2) is 9.97 Å². The van der Waals surface area contributed by atoms with E-state index in [-0.39, 0.29) is 18.1 Å². The molecule has 144 valence electrons. The third-order valence-corrected chi connectivity index (χ3v) is 5.79. The first-order chi connectivity index (χ1) is 13.5. The number of fused-ring (bicyclic) bond motifs is 2. The SMILES string of the molecule is Cc1ccc2nc(-c3c(C(=O)N4C[C@@H](C)O[C@@H](C)C4)nc4sccn34)[nH]c2c1. The van der Waals surface area contributed by atoms with Crippen LogP contribution in [0.2, 0.25) is 0 Å². The lowest BCUT2D eigenvalue weighted by Gasteiger charge is -2.35. The molecule has 2 atom stereocenters. The van der Waals surface area contributed by atoms with Gasteiger partial charge in [0.2, 0.25) is 0 Å². The highest BCUT2D eigenvalue weighted by atomic mass is 32.1. The number of carbonyl (C=O) groups excluding carboxylic acids is 1. The monoisotopic (exact) mass is 395 g/mol. The smallest absolute Gasteiger partial charge is 0.275 e. The zero-order valence-electron chi connectivity index (χ0n) is 16.0. The Labute approximate surface area is 166 Å². The maximum atomic E-state index is 13.4. The molecular weight excluding hydrogens is 374 g/mol. The summed E-state index contributed by atoms with van der Waals surface area (Å²) in [4.78, 5) is 28.8. The second-order valence-electron chi connectivity index (χ2n) is 7.44. The molecule has 4 aromatic rings. The molecular formula is C20H21N5O2S. The lowest BCUT2D eigenvalue weighted by molar-refractivity contribution is -0.0587. The largest absolute Gasteiger partial charge is 0.372 e.